The van der Waals surface area contributed by atoms with Gasteiger partial charge in [0.2, 0.25) is 0 Å². The van der Waals surface area contributed by atoms with Crippen molar-refractivity contribution in [3.8, 4) is 0 Å². The quantitative estimate of drug-likeness (QED) is 0.470. The summed E-state index contributed by atoms with van der Waals surface area (Å²) in [4.78, 5) is 14.2. The Bertz CT molecular complexity index is 1020. The SMILES string of the molecule is Cn1nc(C(=O)Nc2ccccc2Sc2ccc(Cl)cc2)c(Br)c1C(F)(F)F. The van der Waals surface area contributed by atoms with Crippen molar-refractivity contribution in [2.75, 3.05) is 5.32 Å². The van der Waals surface area contributed by atoms with Crippen molar-refractivity contribution in [1.29, 1.82) is 0 Å². The molecule has 1 amide bonds. The first-order valence-corrected chi connectivity index (χ1v) is 9.79. The summed E-state index contributed by atoms with van der Waals surface area (Å²) in [5.41, 5.74) is -0.916. The molecule has 0 aliphatic carbocycles. The third-order valence-electron chi connectivity index (χ3n) is 3.65. The van der Waals surface area contributed by atoms with Crippen molar-refractivity contribution in [3.63, 3.8) is 0 Å². The van der Waals surface area contributed by atoms with Crippen molar-refractivity contribution >= 4 is 50.9 Å². The van der Waals surface area contributed by atoms with Crippen molar-refractivity contribution in [2.45, 2.75) is 16.0 Å². The number of hydrogen-bond acceptors (Lipinski definition) is 3. The number of rotatable bonds is 4. The predicted octanol–water partition coefficient (Wildman–Crippen LogP) is 6.26. The Balaban J connectivity index is 1.87. The highest BCUT2D eigenvalue weighted by Crippen LogP contribution is 2.37. The van der Waals surface area contributed by atoms with Crippen molar-refractivity contribution in [3.05, 3.63) is 69.4 Å². The summed E-state index contributed by atoms with van der Waals surface area (Å²) in [7, 11) is 1.13. The normalized spacial score (nSPS) is 11.5. The smallest absolute Gasteiger partial charge is 0.320 e. The fourth-order valence-corrected chi connectivity index (χ4v) is 4.19. The molecule has 0 fully saturated rings. The van der Waals surface area contributed by atoms with E-state index in [0.717, 1.165) is 16.8 Å². The van der Waals surface area contributed by atoms with Gasteiger partial charge >= 0.3 is 6.18 Å². The third-order valence-corrected chi connectivity index (χ3v) is 5.74. The van der Waals surface area contributed by atoms with Gasteiger partial charge in [-0.2, -0.15) is 18.3 Å². The molecule has 0 radical (unpaired) electrons. The van der Waals surface area contributed by atoms with Crippen LogP contribution in [0.1, 0.15) is 16.2 Å². The highest BCUT2D eigenvalue weighted by molar-refractivity contribution is 9.10. The summed E-state index contributed by atoms with van der Waals surface area (Å²) in [5.74, 6) is -0.748. The van der Waals surface area contributed by atoms with Gasteiger partial charge in [-0.25, -0.2) is 0 Å². The van der Waals surface area contributed by atoms with Gasteiger partial charge < -0.3 is 5.32 Å². The lowest BCUT2D eigenvalue weighted by Gasteiger charge is -2.10. The van der Waals surface area contributed by atoms with E-state index in [4.69, 9.17) is 11.6 Å². The first kappa shape index (κ1) is 20.8. The van der Waals surface area contributed by atoms with Crippen LogP contribution in [0.3, 0.4) is 0 Å². The number of aromatic nitrogens is 2. The monoisotopic (exact) mass is 489 g/mol. The fourth-order valence-electron chi connectivity index (χ4n) is 2.42. The van der Waals surface area contributed by atoms with Gasteiger partial charge in [-0.1, -0.05) is 35.5 Å². The fraction of sp³-hybridized carbons (Fsp3) is 0.111. The molecule has 0 aliphatic heterocycles. The summed E-state index contributed by atoms with van der Waals surface area (Å²) in [5, 5.41) is 6.95. The van der Waals surface area contributed by atoms with E-state index in [0.29, 0.717) is 15.4 Å². The average molecular weight is 491 g/mol. The van der Waals surface area contributed by atoms with Gasteiger partial charge in [0.15, 0.2) is 11.4 Å². The third kappa shape index (κ3) is 4.53. The second kappa shape index (κ2) is 8.18. The molecule has 0 spiro atoms. The van der Waals surface area contributed by atoms with Crippen LogP contribution in [-0.2, 0) is 13.2 Å². The molecule has 0 atom stereocenters. The van der Waals surface area contributed by atoms with Crippen molar-refractivity contribution in [2.24, 2.45) is 7.05 Å². The van der Waals surface area contributed by atoms with E-state index in [1.807, 2.05) is 12.1 Å². The Morgan fingerprint density at radius 1 is 1.18 bits per heavy atom. The molecule has 146 valence electrons. The zero-order valence-corrected chi connectivity index (χ0v) is 17.4. The van der Waals surface area contributed by atoms with Crippen LogP contribution in [0.5, 0.6) is 0 Å². The molecule has 1 heterocycles. The van der Waals surface area contributed by atoms with Crippen LogP contribution in [0.15, 0.2) is 62.8 Å². The number of nitrogens with one attached hydrogen (secondary N) is 1. The molecule has 0 saturated carbocycles. The molecule has 0 bridgehead atoms. The number of hydrogen-bond donors (Lipinski definition) is 1. The largest absolute Gasteiger partial charge is 0.434 e. The molecule has 3 rings (SSSR count). The van der Waals surface area contributed by atoms with E-state index in [2.05, 4.69) is 26.3 Å². The van der Waals surface area contributed by atoms with Crippen molar-refractivity contribution < 1.29 is 18.0 Å². The summed E-state index contributed by atoms with van der Waals surface area (Å²) >= 11 is 10.1. The minimum atomic E-state index is -4.64. The summed E-state index contributed by atoms with van der Waals surface area (Å²) in [6.45, 7) is 0. The highest BCUT2D eigenvalue weighted by atomic mass is 79.9. The number of alkyl halides is 3. The molecule has 4 nitrogen and oxygen atoms in total. The maximum absolute atomic E-state index is 13.1. The summed E-state index contributed by atoms with van der Waals surface area (Å²) in [6.07, 6.45) is -4.64. The Labute approximate surface area is 176 Å². The van der Waals surface area contributed by atoms with Crippen molar-refractivity contribution in [1.82, 2.24) is 9.78 Å². The number of amides is 1. The molecule has 0 aliphatic rings. The minimum absolute atomic E-state index is 0.346. The first-order chi connectivity index (χ1) is 13.2. The lowest BCUT2D eigenvalue weighted by molar-refractivity contribution is -0.144. The number of benzene rings is 2. The molecular formula is C18H12BrClF3N3OS. The zero-order chi connectivity index (χ0) is 20.5. The summed E-state index contributed by atoms with van der Waals surface area (Å²) < 4.78 is 39.6. The Hall–Kier alpha value is -1.97. The number of para-hydroxylation sites is 1. The van der Waals surface area contributed by atoms with Gasteiger partial charge in [-0.15, -0.1) is 0 Å². The number of aryl methyl sites for hydroxylation is 1. The highest BCUT2D eigenvalue weighted by Gasteiger charge is 2.39. The lowest BCUT2D eigenvalue weighted by Crippen LogP contribution is -2.14. The molecule has 0 unspecified atom stereocenters. The van der Waals surface area contributed by atoms with E-state index in [1.165, 1.54) is 11.8 Å². The van der Waals surface area contributed by atoms with Gasteiger partial charge in [0.1, 0.15) is 0 Å². The number of halogens is 5. The maximum Gasteiger partial charge on any atom is 0.434 e. The van der Waals surface area contributed by atoms with Gasteiger partial charge in [0.05, 0.1) is 10.2 Å². The minimum Gasteiger partial charge on any atom is -0.320 e. The van der Waals surface area contributed by atoms with E-state index in [9.17, 15) is 18.0 Å². The number of carbonyl (C=O) groups is 1. The van der Waals surface area contributed by atoms with E-state index in [-0.39, 0.29) is 5.69 Å². The van der Waals surface area contributed by atoms with Gasteiger partial charge in [-0.05, 0) is 52.3 Å². The molecular weight excluding hydrogens is 479 g/mol. The van der Waals surface area contributed by atoms with E-state index >= 15 is 0 Å². The van der Waals surface area contributed by atoms with E-state index < -0.39 is 22.3 Å². The molecule has 1 N–H and O–H groups in total. The Kier molecular flexibility index (Phi) is 6.07. The van der Waals surface area contributed by atoms with Crippen LogP contribution in [0.2, 0.25) is 5.02 Å². The molecule has 1 aromatic heterocycles. The van der Waals surface area contributed by atoms with Crippen LogP contribution < -0.4 is 5.32 Å². The average Bonchev–Trinajstić information content (AvgIpc) is 2.93. The second-order valence-electron chi connectivity index (χ2n) is 5.64. The second-order valence-corrected chi connectivity index (χ2v) is 7.98. The Morgan fingerprint density at radius 3 is 2.43 bits per heavy atom. The topological polar surface area (TPSA) is 46.9 Å². The number of anilines is 1. The van der Waals surface area contributed by atoms with Gasteiger partial charge in [-0.3, -0.25) is 9.48 Å². The standard InChI is InChI=1S/C18H12BrClF3N3OS/c1-26-16(18(21,22)23)14(19)15(25-26)17(27)24-12-4-2-3-5-13(12)28-11-8-6-10(20)7-9-11/h2-9H,1H3,(H,24,27). The number of nitrogens with zero attached hydrogens (tertiary/aromatic N) is 2. The molecule has 0 saturated heterocycles. The first-order valence-electron chi connectivity index (χ1n) is 7.80. The van der Waals surface area contributed by atoms with Gasteiger partial charge in [0, 0.05) is 21.9 Å². The van der Waals surface area contributed by atoms with E-state index in [1.54, 1.807) is 36.4 Å². The van der Waals surface area contributed by atoms with Crippen LogP contribution in [-0.4, -0.2) is 15.7 Å². The summed E-state index contributed by atoms with van der Waals surface area (Å²) in [6, 6.07) is 14.1. The van der Waals surface area contributed by atoms with Crippen LogP contribution in [0.25, 0.3) is 0 Å². The molecule has 3 aromatic rings. The lowest BCUT2D eigenvalue weighted by atomic mass is 10.3. The van der Waals surface area contributed by atoms with Crippen LogP contribution >= 0.6 is 39.3 Å². The molecule has 2 aromatic carbocycles. The van der Waals surface area contributed by atoms with Crippen LogP contribution in [0, 0.1) is 0 Å². The predicted molar refractivity (Wildman–Crippen MR) is 106 cm³/mol. The number of carbonyl (C=O) groups excluding carboxylic acids is 1. The maximum atomic E-state index is 13.1. The van der Waals surface area contributed by atoms with Crippen LogP contribution in [0.4, 0.5) is 18.9 Å². The molecule has 10 heteroatoms. The van der Waals surface area contributed by atoms with Gasteiger partial charge in [0.25, 0.3) is 5.91 Å². The zero-order valence-electron chi connectivity index (χ0n) is 14.2. The Morgan fingerprint density at radius 2 is 1.82 bits per heavy atom. The molecule has 28 heavy (non-hydrogen) atoms.